The quantitative estimate of drug-likeness (QED) is 0.880. The SMILES string of the molecule is CCN(CC)c1nc(N)cc(-c2cnn(C)c2)n1. The van der Waals surface area contributed by atoms with Gasteiger partial charge in [-0.15, -0.1) is 0 Å². The Balaban J connectivity index is 2.43. The van der Waals surface area contributed by atoms with Gasteiger partial charge in [0.25, 0.3) is 0 Å². The topological polar surface area (TPSA) is 72.9 Å². The lowest BCUT2D eigenvalue weighted by Crippen LogP contribution is -2.24. The van der Waals surface area contributed by atoms with Crippen molar-refractivity contribution in [3.05, 3.63) is 18.5 Å². The van der Waals surface area contributed by atoms with E-state index >= 15 is 0 Å². The van der Waals surface area contributed by atoms with Crippen LogP contribution in [0.2, 0.25) is 0 Å². The second-order valence-electron chi connectivity index (χ2n) is 4.05. The highest BCUT2D eigenvalue weighted by Crippen LogP contribution is 2.20. The van der Waals surface area contributed by atoms with Crippen LogP contribution in [0.25, 0.3) is 11.3 Å². The molecule has 0 aromatic carbocycles. The number of nitrogens with zero attached hydrogens (tertiary/aromatic N) is 5. The molecular weight excluding hydrogens is 228 g/mol. The highest BCUT2D eigenvalue weighted by molar-refractivity contribution is 5.62. The van der Waals surface area contributed by atoms with Crippen molar-refractivity contribution < 1.29 is 0 Å². The van der Waals surface area contributed by atoms with Crippen LogP contribution in [0.5, 0.6) is 0 Å². The average molecular weight is 246 g/mol. The summed E-state index contributed by atoms with van der Waals surface area (Å²) in [7, 11) is 1.87. The first-order valence-corrected chi connectivity index (χ1v) is 6.02. The Morgan fingerprint density at radius 3 is 2.56 bits per heavy atom. The Morgan fingerprint density at radius 2 is 2.00 bits per heavy atom. The Labute approximate surface area is 106 Å². The fraction of sp³-hybridized carbons (Fsp3) is 0.417. The molecule has 96 valence electrons. The van der Waals surface area contributed by atoms with Crippen LogP contribution in [0.4, 0.5) is 11.8 Å². The molecule has 2 heterocycles. The molecule has 2 rings (SSSR count). The Kier molecular flexibility index (Phi) is 3.45. The fourth-order valence-corrected chi connectivity index (χ4v) is 1.80. The third-order valence-electron chi connectivity index (χ3n) is 2.78. The molecule has 0 aliphatic carbocycles. The van der Waals surface area contributed by atoms with E-state index in [1.54, 1.807) is 16.9 Å². The van der Waals surface area contributed by atoms with Crippen LogP contribution < -0.4 is 10.6 Å². The monoisotopic (exact) mass is 246 g/mol. The molecule has 18 heavy (non-hydrogen) atoms. The standard InChI is InChI=1S/C12H18N6/c1-4-18(5-2)12-15-10(6-11(13)16-12)9-7-14-17(3)8-9/h6-8H,4-5H2,1-3H3,(H2,13,15,16). The van der Waals surface area contributed by atoms with E-state index in [1.807, 2.05) is 13.2 Å². The molecular formula is C12H18N6. The Bertz CT molecular complexity index is 529. The number of nitrogen functional groups attached to an aromatic ring is 1. The molecule has 0 aliphatic heterocycles. The molecule has 0 radical (unpaired) electrons. The second-order valence-corrected chi connectivity index (χ2v) is 4.05. The van der Waals surface area contributed by atoms with Crippen LogP contribution in [-0.4, -0.2) is 32.8 Å². The van der Waals surface area contributed by atoms with Gasteiger partial charge in [0.15, 0.2) is 0 Å². The minimum absolute atomic E-state index is 0.478. The van der Waals surface area contributed by atoms with E-state index in [2.05, 4.69) is 33.8 Å². The van der Waals surface area contributed by atoms with E-state index in [4.69, 9.17) is 5.73 Å². The van der Waals surface area contributed by atoms with Crippen molar-refractivity contribution in [1.29, 1.82) is 0 Å². The van der Waals surface area contributed by atoms with Gasteiger partial charge in [-0.25, -0.2) is 4.98 Å². The van der Waals surface area contributed by atoms with Crippen LogP contribution in [-0.2, 0) is 7.05 Å². The smallest absolute Gasteiger partial charge is 0.227 e. The molecule has 6 nitrogen and oxygen atoms in total. The summed E-state index contributed by atoms with van der Waals surface area (Å²) < 4.78 is 1.74. The van der Waals surface area contributed by atoms with Gasteiger partial charge in [0.2, 0.25) is 5.95 Å². The van der Waals surface area contributed by atoms with Crippen LogP contribution in [0.3, 0.4) is 0 Å². The van der Waals surface area contributed by atoms with Crippen molar-refractivity contribution in [3.63, 3.8) is 0 Å². The van der Waals surface area contributed by atoms with Gasteiger partial charge in [-0.05, 0) is 13.8 Å². The van der Waals surface area contributed by atoms with Crippen LogP contribution in [0.15, 0.2) is 18.5 Å². The van der Waals surface area contributed by atoms with Crippen molar-refractivity contribution in [2.24, 2.45) is 7.05 Å². The lowest BCUT2D eigenvalue weighted by molar-refractivity contribution is 0.768. The largest absolute Gasteiger partial charge is 0.384 e. The highest BCUT2D eigenvalue weighted by atomic mass is 15.3. The maximum atomic E-state index is 5.85. The molecule has 2 N–H and O–H groups in total. The van der Waals surface area contributed by atoms with E-state index < -0.39 is 0 Å². The predicted octanol–water partition coefficient (Wildman–Crippen LogP) is 1.31. The van der Waals surface area contributed by atoms with Crippen molar-refractivity contribution in [1.82, 2.24) is 19.7 Å². The number of aromatic nitrogens is 4. The molecule has 2 aromatic heterocycles. The Morgan fingerprint density at radius 1 is 1.28 bits per heavy atom. The number of hydrogen-bond acceptors (Lipinski definition) is 5. The zero-order chi connectivity index (χ0) is 13.1. The molecule has 0 amide bonds. The molecule has 0 saturated heterocycles. The molecule has 0 unspecified atom stereocenters. The predicted molar refractivity (Wildman–Crippen MR) is 72.2 cm³/mol. The number of hydrogen-bond donors (Lipinski definition) is 1. The fourth-order valence-electron chi connectivity index (χ4n) is 1.80. The van der Waals surface area contributed by atoms with Crippen LogP contribution in [0.1, 0.15) is 13.8 Å². The summed E-state index contributed by atoms with van der Waals surface area (Å²) in [4.78, 5) is 10.9. The molecule has 0 bridgehead atoms. The summed E-state index contributed by atoms with van der Waals surface area (Å²) in [6.45, 7) is 5.85. The van der Waals surface area contributed by atoms with E-state index in [0.717, 1.165) is 24.3 Å². The lowest BCUT2D eigenvalue weighted by atomic mass is 10.2. The van der Waals surface area contributed by atoms with Crippen molar-refractivity contribution >= 4 is 11.8 Å². The first-order valence-electron chi connectivity index (χ1n) is 6.02. The zero-order valence-corrected chi connectivity index (χ0v) is 11.0. The summed E-state index contributed by atoms with van der Waals surface area (Å²) in [5.74, 6) is 1.14. The third-order valence-corrected chi connectivity index (χ3v) is 2.78. The van der Waals surface area contributed by atoms with Crippen molar-refractivity contribution in [2.75, 3.05) is 23.7 Å². The van der Waals surface area contributed by atoms with E-state index in [-0.39, 0.29) is 0 Å². The van der Waals surface area contributed by atoms with Gasteiger partial charge in [0, 0.05) is 38.0 Å². The molecule has 0 saturated carbocycles. The van der Waals surface area contributed by atoms with Crippen molar-refractivity contribution in [3.8, 4) is 11.3 Å². The molecule has 0 atom stereocenters. The summed E-state index contributed by atoms with van der Waals surface area (Å²) in [5, 5.41) is 4.14. The summed E-state index contributed by atoms with van der Waals surface area (Å²) in [6, 6.07) is 1.77. The maximum absolute atomic E-state index is 5.85. The van der Waals surface area contributed by atoms with Crippen molar-refractivity contribution in [2.45, 2.75) is 13.8 Å². The first-order chi connectivity index (χ1) is 8.63. The van der Waals surface area contributed by atoms with E-state index in [9.17, 15) is 0 Å². The van der Waals surface area contributed by atoms with Gasteiger partial charge < -0.3 is 10.6 Å². The number of nitrogens with two attached hydrogens (primary N) is 1. The van der Waals surface area contributed by atoms with Gasteiger partial charge in [-0.3, -0.25) is 4.68 Å². The summed E-state index contributed by atoms with van der Waals surface area (Å²) in [5.41, 5.74) is 7.59. The molecule has 2 aromatic rings. The van der Waals surface area contributed by atoms with Crippen LogP contribution in [0, 0.1) is 0 Å². The number of rotatable bonds is 4. The molecule has 0 aliphatic rings. The van der Waals surface area contributed by atoms with Gasteiger partial charge in [-0.2, -0.15) is 10.1 Å². The maximum Gasteiger partial charge on any atom is 0.227 e. The van der Waals surface area contributed by atoms with Crippen LogP contribution >= 0.6 is 0 Å². The average Bonchev–Trinajstić information content (AvgIpc) is 2.77. The molecule has 0 spiro atoms. The second kappa shape index (κ2) is 5.03. The molecule has 6 heteroatoms. The Hall–Kier alpha value is -2.11. The number of aryl methyl sites for hydroxylation is 1. The van der Waals surface area contributed by atoms with Gasteiger partial charge in [0.1, 0.15) is 5.82 Å². The lowest BCUT2D eigenvalue weighted by Gasteiger charge is -2.19. The first kappa shape index (κ1) is 12.3. The minimum Gasteiger partial charge on any atom is -0.384 e. The highest BCUT2D eigenvalue weighted by Gasteiger charge is 2.10. The molecule has 0 fully saturated rings. The van der Waals surface area contributed by atoms with Gasteiger partial charge in [0.05, 0.1) is 11.9 Å². The van der Waals surface area contributed by atoms with E-state index in [0.29, 0.717) is 11.8 Å². The summed E-state index contributed by atoms with van der Waals surface area (Å²) in [6.07, 6.45) is 3.68. The van der Waals surface area contributed by atoms with Gasteiger partial charge >= 0.3 is 0 Å². The normalized spacial score (nSPS) is 10.6. The minimum atomic E-state index is 0.478. The van der Waals surface area contributed by atoms with Gasteiger partial charge in [-0.1, -0.05) is 0 Å². The van der Waals surface area contributed by atoms with E-state index in [1.165, 1.54) is 0 Å². The number of anilines is 2. The summed E-state index contributed by atoms with van der Waals surface area (Å²) >= 11 is 0. The third kappa shape index (κ3) is 2.42. The zero-order valence-electron chi connectivity index (χ0n) is 11.0.